The van der Waals surface area contributed by atoms with Gasteiger partial charge in [-0.25, -0.2) is 0 Å². The number of fused-ring (bicyclic) bond motifs is 1. The van der Waals surface area contributed by atoms with Crippen LogP contribution in [0.25, 0.3) is 0 Å². The van der Waals surface area contributed by atoms with Crippen LogP contribution in [-0.2, 0) is 22.6 Å². The molecule has 0 atom stereocenters. The van der Waals surface area contributed by atoms with Crippen molar-refractivity contribution in [2.24, 2.45) is 0 Å². The van der Waals surface area contributed by atoms with Gasteiger partial charge in [0, 0.05) is 25.3 Å². The normalized spacial score (nSPS) is 17.5. The van der Waals surface area contributed by atoms with Gasteiger partial charge in [-0.3, -0.25) is 9.59 Å². The molecule has 1 fully saturated rings. The van der Waals surface area contributed by atoms with Gasteiger partial charge in [-0.1, -0.05) is 6.07 Å². The van der Waals surface area contributed by atoms with Crippen molar-refractivity contribution in [1.29, 1.82) is 0 Å². The summed E-state index contributed by atoms with van der Waals surface area (Å²) in [5, 5.41) is 8.07. The molecule has 0 bridgehead atoms. The third-order valence-electron chi connectivity index (χ3n) is 3.02. The Balaban J connectivity index is 0.000000148. The smallest absolute Gasteiger partial charge is 0.309 e. The summed E-state index contributed by atoms with van der Waals surface area (Å²) in [5.41, 5.74) is 9.32. The molecule has 2 aliphatic heterocycles. The number of hydrogen-bond acceptors (Lipinski definition) is 4. The van der Waals surface area contributed by atoms with E-state index >= 15 is 0 Å². The number of amides is 2. The molecule has 1 saturated heterocycles. The first kappa shape index (κ1) is 13.4. The molecule has 0 unspecified atom stereocenters. The second-order valence-electron chi connectivity index (χ2n) is 4.47. The number of carbonyl (C=O) groups excluding carboxylic acids is 2. The molecule has 2 amide bonds. The summed E-state index contributed by atoms with van der Waals surface area (Å²) < 4.78 is 0. The second kappa shape index (κ2) is 6.19. The summed E-state index contributed by atoms with van der Waals surface area (Å²) >= 11 is 0. The number of benzene rings is 1. The van der Waals surface area contributed by atoms with Crippen molar-refractivity contribution >= 4 is 17.5 Å². The van der Waals surface area contributed by atoms with Crippen LogP contribution in [-0.4, -0.2) is 31.4 Å². The van der Waals surface area contributed by atoms with Crippen molar-refractivity contribution in [3.63, 3.8) is 0 Å². The summed E-state index contributed by atoms with van der Waals surface area (Å²) in [5.74, 6) is -1.06. The third kappa shape index (κ3) is 3.69. The van der Waals surface area contributed by atoms with E-state index in [4.69, 9.17) is 5.73 Å². The molecule has 1 aromatic carbocycles. The number of piperazine rings is 1. The maximum atomic E-state index is 10.3. The predicted molar refractivity (Wildman–Crippen MR) is 72.3 cm³/mol. The van der Waals surface area contributed by atoms with Crippen LogP contribution in [0.4, 0.5) is 5.69 Å². The summed E-state index contributed by atoms with van der Waals surface area (Å²) in [4.78, 5) is 20.5. The van der Waals surface area contributed by atoms with E-state index in [1.165, 1.54) is 11.1 Å². The maximum absolute atomic E-state index is 10.3. The number of nitrogens with one attached hydrogen (secondary N) is 3. The van der Waals surface area contributed by atoms with E-state index in [9.17, 15) is 9.59 Å². The molecule has 6 nitrogen and oxygen atoms in total. The molecule has 3 rings (SSSR count). The van der Waals surface area contributed by atoms with Gasteiger partial charge in [-0.15, -0.1) is 0 Å². The first-order chi connectivity index (χ1) is 9.16. The lowest BCUT2D eigenvalue weighted by atomic mass is 10.0. The molecule has 0 radical (unpaired) electrons. The van der Waals surface area contributed by atoms with Crippen LogP contribution in [0.1, 0.15) is 11.1 Å². The van der Waals surface area contributed by atoms with Gasteiger partial charge >= 0.3 is 11.8 Å². The lowest BCUT2D eigenvalue weighted by Crippen LogP contribution is -2.49. The Hall–Kier alpha value is -2.08. The molecule has 0 saturated carbocycles. The second-order valence-corrected chi connectivity index (χ2v) is 4.47. The Kier molecular flexibility index (Phi) is 4.35. The van der Waals surface area contributed by atoms with E-state index < -0.39 is 11.8 Å². The molecular formula is C13H18N4O2. The summed E-state index contributed by atoms with van der Waals surface area (Å²) in [7, 11) is 0. The first-order valence-corrected chi connectivity index (χ1v) is 6.31. The Morgan fingerprint density at radius 1 is 0.947 bits per heavy atom. The lowest BCUT2D eigenvalue weighted by molar-refractivity contribution is -0.140. The van der Waals surface area contributed by atoms with Crippen LogP contribution in [0.3, 0.4) is 0 Å². The summed E-state index contributed by atoms with van der Waals surface area (Å²) in [6.07, 6.45) is 1.13. The van der Waals surface area contributed by atoms with Gasteiger partial charge in [0.2, 0.25) is 0 Å². The van der Waals surface area contributed by atoms with E-state index in [1.54, 1.807) is 0 Å². The number of anilines is 1. The van der Waals surface area contributed by atoms with Crippen molar-refractivity contribution in [2.75, 3.05) is 25.4 Å². The molecule has 2 aliphatic rings. The highest BCUT2D eigenvalue weighted by Gasteiger charge is 2.15. The predicted octanol–water partition coefficient (Wildman–Crippen LogP) is -0.853. The molecular weight excluding hydrogens is 244 g/mol. The van der Waals surface area contributed by atoms with Crippen molar-refractivity contribution in [3.8, 4) is 0 Å². The zero-order chi connectivity index (χ0) is 13.7. The summed E-state index contributed by atoms with van der Waals surface area (Å²) in [6.45, 7) is 3.16. The SMILES string of the molecule is Nc1ccc2c(c1)CNCC2.O=C1NCCNC1=O. The van der Waals surface area contributed by atoms with E-state index in [0.717, 1.165) is 25.2 Å². The standard InChI is InChI=1S/C9H12N2.C4H6N2O2/c10-9-2-1-7-3-4-11-6-8(7)5-9;7-3-4(8)6-2-1-5-3/h1-2,5,11H,3-4,6,10H2;1-2H2,(H,5,7)(H,6,8). The fourth-order valence-electron chi connectivity index (χ4n) is 2.01. The topological polar surface area (TPSA) is 96.2 Å². The molecule has 2 heterocycles. The van der Waals surface area contributed by atoms with E-state index in [2.05, 4.69) is 28.1 Å². The van der Waals surface area contributed by atoms with Crippen molar-refractivity contribution in [3.05, 3.63) is 29.3 Å². The highest BCUT2D eigenvalue weighted by Crippen LogP contribution is 2.16. The molecule has 19 heavy (non-hydrogen) atoms. The molecule has 0 aliphatic carbocycles. The molecule has 0 aromatic heterocycles. The molecule has 5 N–H and O–H groups in total. The van der Waals surface area contributed by atoms with E-state index in [0.29, 0.717) is 13.1 Å². The monoisotopic (exact) mass is 262 g/mol. The minimum atomic E-state index is -0.531. The molecule has 6 heteroatoms. The first-order valence-electron chi connectivity index (χ1n) is 6.31. The lowest BCUT2D eigenvalue weighted by Gasteiger charge is -2.16. The summed E-state index contributed by atoms with van der Waals surface area (Å²) in [6, 6.07) is 6.16. The van der Waals surface area contributed by atoms with Crippen LogP contribution in [0, 0.1) is 0 Å². The Bertz CT molecular complexity index is 472. The molecule has 102 valence electrons. The highest BCUT2D eigenvalue weighted by molar-refractivity contribution is 6.35. The zero-order valence-electron chi connectivity index (χ0n) is 10.7. The van der Waals surface area contributed by atoms with Gasteiger partial charge in [0.25, 0.3) is 0 Å². The van der Waals surface area contributed by atoms with Gasteiger partial charge in [0.05, 0.1) is 0 Å². The van der Waals surface area contributed by atoms with Crippen LogP contribution in [0.5, 0.6) is 0 Å². The van der Waals surface area contributed by atoms with Gasteiger partial charge in [0.15, 0.2) is 0 Å². The number of hydrogen-bond donors (Lipinski definition) is 4. The minimum Gasteiger partial charge on any atom is -0.399 e. The van der Waals surface area contributed by atoms with Gasteiger partial charge < -0.3 is 21.7 Å². The van der Waals surface area contributed by atoms with Crippen molar-refractivity contribution in [1.82, 2.24) is 16.0 Å². The number of rotatable bonds is 0. The maximum Gasteiger partial charge on any atom is 0.309 e. The largest absolute Gasteiger partial charge is 0.399 e. The van der Waals surface area contributed by atoms with Crippen LogP contribution in [0.2, 0.25) is 0 Å². The average molecular weight is 262 g/mol. The van der Waals surface area contributed by atoms with Crippen molar-refractivity contribution in [2.45, 2.75) is 13.0 Å². The third-order valence-corrected chi connectivity index (χ3v) is 3.02. The molecule has 0 spiro atoms. The quantitative estimate of drug-likeness (QED) is 0.361. The van der Waals surface area contributed by atoms with Crippen LogP contribution in [0.15, 0.2) is 18.2 Å². The van der Waals surface area contributed by atoms with Gasteiger partial charge in [-0.2, -0.15) is 0 Å². The van der Waals surface area contributed by atoms with E-state index in [1.807, 2.05) is 6.07 Å². The number of carbonyl (C=O) groups is 2. The fraction of sp³-hybridized carbons (Fsp3) is 0.385. The average Bonchev–Trinajstić information content (AvgIpc) is 2.43. The van der Waals surface area contributed by atoms with Gasteiger partial charge in [-0.05, 0) is 36.2 Å². The van der Waals surface area contributed by atoms with Crippen LogP contribution < -0.4 is 21.7 Å². The Labute approximate surface area is 111 Å². The fourth-order valence-corrected chi connectivity index (χ4v) is 2.01. The minimum absolute atomic E-state index is 0.531. The zero-order valence-corrected chi connectivity index (χ0v) is 10.7. The number of nitrogens with two attached hydrogens (primary N) is 1. The van der Waals surface area contributed by atoms with Crippen molar-refractivity contribution < 1.29 is 9.59 Å². The van der Waals surface area contributed by atoms with Crippen LogP contribution >= 0.6 is 0 Å². The number of nitrogen functional groups attached to an aromatic ring is 1. The molecule has 1 aromatic rings. The highest BCUT2D eigenvalue weighted by atomic mass is 16.2. The van der Waals surface area contributed by atoms with Gasteiger partial charge in [0.1, 0.15) is 0 Å². The Morgan fingerprint density at radius 3 is 2.26 bits per heavy atom. The Morgan fingerprint density at radius 2 is 1.63 bits per heavy atom. The van der Waals surface area contributed by atoms with E-state index in [-0.39, 0.29) is 0 Å².